The van der Waals surface area contributed by atoms with Gasteiger partial charge in [0.1, 0.15) is 27.2 Å². The summed E-state index contributed by atoms with van der Waals surface area (Å²) in [6.45, 7) is 7.99. The van der Waals surface area contributed by atoms with Crippen LogP contribution in [0.4, 0.5) is 0 Å². The zero-order chi connectivity index (χ0) is 32.4. The minimum absolute atomic E-state index is 0.103. The number of Topliss-reactive ketones (excluding diaryl/α,β-unsaturated/α-hetero) is 2. The van der Waals surface area contributed by atoms with Gasteiger partial charge in [0.25, 0.3) is 0 Å². The Hall–Kier alpha value is -4.28. The fraction of sp³-hybridized carbons (Fsp3) is 0.333. The number of aryl methyl sites for hydroxylation is 2. The molecule has 0 unspecified atom stereocenters. The molecule has 0 saturated heterocycles. The molecule has 234 valence electrons. The summed E-state index contributed by atoms with van der Waals surface area (Å²) in [5, 5.41) is 1.49. The lowest BCUT2D eigenvalue weighted by Gasteiger charge is -2.29. The molecule has 0 amide bonds. The number of rotatable bonds is 6. The van der Waals surface area contributed by atoms with Gasteiger partial charge in [-0.15, -0.1) is 22.7 Å². The molecule has 0 atom stereocenters. The molecule has 7 rings (SSSR count). The highest BCUT2D eigenvalue weighted by Gasteiger charge is 2.37. The van der Waals surface area contributed by atoms with Crippen molar-refractivity contribution in [3.05, 3.63) is 71.3 Å². The number of thiazole rings is 2. The first-order valence-electron chi connectivity index (χ1n) is 15.3. The van der Waals surface area contributed by atoms with E-state index in [0.717, 1.165) is 79.4 Å². The maximum atomic E-state index is 13.6. The van der Waals surface area contributed by atoms with E-state index in [9.17, 15) is 9.59 Å². The van der Waals surface area contributed by atoms with Crippen molar-refractivity contribution in [3.63, 3.8) is 0 Å². The fourth-order valence-electron chi connectivity index (χ4n) is 6.11. The van der Waals surface area contributed by atoms with Crippen molar-refractivity contribution < 1.29 is 19.1 Å². The molecule has 0 bridgehead atoms. The van der Waals surface area contributed by atoms with Crippen molar-refractivity contribution >= 4 is 34.2 Å². The van der Waals surface area contributed by atoms with Gasteiger partial charge < -0.3 is 9.47 Å². The first-order chi connectivity index (χ1) is 22.0. The molecule has 0 N–H and O–H groups in total. The van der Waals surface area contributed by atoms with Gasteiger partial charge in [-0.1, -0.05) is 27.7 Å². The van der Waals surface area contributed by atoms with E-state index < -0.39 is 5.41 Å². The zero-order valence-corrected chi connectivity index (χ0v) is 28.3. The molecule has 4 heterocycles. The summed E-state index contributed by atoms with van der Waals surface area (Å²) in [4.78, 5) is 48.0. The average Bonchev–Trinajstić information content (AvgIpc) is 3.75. The quantitative estimate of drug-likeness (QED) is 0.181. The molecule has 8 nitrogen and oxygen atoms in total. The number of pyridine rings is 2. The van der Waals surface area contributed by atoms with Crippen molar-refractivity contribution in [3.8, 4) is 53.8 Å². The van der Waals surface area contributed by atoms with Crippen LogP contribution in [0.2, 0.25) is 0 Å². The summed E-state index contributed by atoms with van der Waals surface area (Å²) < 4.78 is 11.0. The molecule has 1 aromatic carbocycles. The molecule has 2 aliphatic rings. The number of ketones is 2. The van der Waals surface area contributed by atoms with Crippen molar-refractivity contribution in [1.29, 1.82) is 0 Å². The van der Waals surface area contributed by atoms with Gasteiger partial charge in [-0.05, 0) is 56.0 Å². The van der Waals surface area contributed by atoms with Gasteiger partial charge in [-0.25, -0.2) is 19.9 Å². The van der Waals surface area contributed by atoms with E-state index in [1.54, 1.807) is 14.2 Å². The van der Waals surface area contributed by atoms with Gasteiger partial charge in [0, 0.05) is 51.5 Å². The highest BCUT2D eigenvalue weighted by atomic mass is 32.1. The molecular weight excluding hydrogens is 617 g/mol. The minimum atomic E-state index is -0.453. The predicted molar refractivity (Wildman–Crippen MR) is 181 cm³/mol. The molecule has 5 aromatic rings. The van der Waals surface area contributed by atoms with Crippen LogP contribution < -0.4 is 9.47 Å². The zero-order valence-electron chi connectivity index (χ0n) is 26.7. The Labute approximate surface area is 275 Å². The second-order valence-corrected chi connectivity index (χ2v) is 15.2. The smallest absolute Gasteiger partial charge is 0.170 e. The Morgan fingerprint density at radius 2 is 1.26 bits per heavy atom. The van der Waals surface area contributed by atoms with E-state index in [2.05, 4.69) is 0 Å². The first kappa shape index (κ1) is 30.4. The van der Waals surface area contributed by atoms with Gasteiger partial charge in [0.15, 0.2) is 11.6 Å². The number of carbonyl (C=O) groups is 2. The highest BCUT2D eigenvalue weighted by molar-refractivity contribution is 7.19. The highest BCUT2D eigenvalue weighted by Crippen LogP contribution is 2.44. The third-order valence-corrected chi connectivity index (χ3v) is 11.2. The van der Waals surface area contributed by atoms with Gasteiger partial charge in [-0.3, -0.25) is 9.59 Å². The van der Waals surface area contributed by atoms with Crippen molar-refractivity contribution in [2.24, 2.45) is 10.8 Å². The molecule has 0 radical (unpaired) electrons. The number of hydrogen-bond donors (Lipinski definition) is 0. The summed E-state index contributed by atoms with van der Waals surface area (Å²) >= 11 is 3.02. The van der Waals surface area contributed by atoms with Crippen LogP contribution in [0.25, 0.3) is 42.3 Å². The molecule has 0 spiro atoms. The number of nitrogens with zero attached hydrogens (tertiary/aromatic N) is 4. The molecule has 0 fully saturated rings. The summed E-state index contributed by atoms with van der Waals surface area (Å²) in [6.07, 6.45) is 6.64. The van der Waals surface area contributed by atoms with Gasteiger partial charge >= 0.3 is 0 Å². The molecule has 10 heteroatoms. The van der Waals surface area contributed by atoms with Crippen LogP contribution in [0.5, 0.6) is 11.5 Å². The summed E-state index contributed by atoms with van der Waals surface area (Å²) in [5.74, 6) is 1.63. The second-order valence-electron chi connectivity index (χ2n) is 13.2. The largest absolute Gasteiger partial charge is 0.497 e. The van der Waals surface area contributed by atoms with Crippen LogP contribution in [0.1, 0.15) is 72.6 Å². The normalized spacial score (nSPS) is 16.6. The number of aromatic nitrogens is 4. The molecule has 46 heavy (non-hydrogen) atoms. The van der Waals surface area contributed by atoms with E-state index >= 15 is 0 Å². The van der Waals surface area contributed by atoms with Crippen molar-refractivity contribution in [2.45, 2.75) is 53.4 Å². The summed E-state index contributed by atoms with van der Waals surface area (Å²) in [6, 6.07) is 11.5. The first-order valence-corrected chi connectivity index (χ1v) is 16.9. The SMILES string of the molecule is COc1cc(OC)cc(-c2cnc(-c3nc4c(cc3-c3cnc(-c5ccc6c(n5)CCC(C)(C)C6=O)s3)C(=O)C(C)(C)CC4)s2)c1. The van der Waals surface area contributed by atoms with Gasteiger partial charge in [0.05, 0.1) is 41.1 Å². The van der Waals surface area contributed by atoms with Crippen LogP contribution in [0.15, 0.2) is 48.8 Å². The number of ether oxygens (including phenoxy) is 2. The molecular formula is C36H34N4O4S2. The van der Waals surface area contributed by atoms with Crippen LogP contribution in [0.3, 0.4) is 0 Å². The lowest BCUT2D eigenvalue weighted by molar-refractivity contribution is 0.0803. The molecule has 0 aliphatic heterocycles. The monoisotopic (exact) mass is 650 g/mol. The number of benzene rings is 1. The molecule has 2 aliphatic carbocycles. The maximum Gasteiger partial charge on any atom is 0.170 e. The van der Waals surface area contributed by atoms with E-state index in [1.165, 1.54) is 22.7 Å². The topological polar surface area (TPSA) is 104 Å². The summed E-state index contributed by atoms with van der Waals surface area (Å²) in [5.41, 5.74) is 5.35. The third kappa shape index (κ3) is 5.23. The number of carbonyl (C=O) groups excluding carboxylic acids is 2. The molecule has 0 saturated carbocycles. The number of fused-ring (bicyclic) bond motifs is 2. The third-order valence-electron chi connectivity index (χ3n) is 9.10. The van der Waals surface area contributed by atoms with Crippen molar-refractivity contribution in [1.82, 2.24) is 19.9 Å². The number of hydrogen-bond acceptors (Lipinski definition) is 10. The van der Waals surface area contributed by atoms with Crippen LogP contribution in [0, 0.1) is 10.8 Å². The predicted octanol–water partition coefficient (Wildman–Crippen LogP) is 8.39. The Morgan fingerprint density at radius 3 is 1.93 bits per heavy atom. The number of methoxy groups -OCH3 is 2. The van der Waals surface area contributed by atoms with Crippen molar-refractivity contribution in [2.75, 3.05) is 14.2 Å². The molecule has 4 aromatic heterocycles. The van der Waals surface area contributed by atoms with E-state index in [4.69, 9.17) is 29.4 Å². The lowest BCUT2D eigenvalue weighted by atomic mass is 9.74. The van der Waals surface area contributed by atoms with Crippen LogP contribution in [-0.4, -0.2) is 45.7 Å². The summed E-state index contributed by atoms with van der Waals surface area (Å²) in [7, 11) is 3.26. The Balaban J connectivity index is 1.32. The Bertz CT molecular complexity index is 2020. The maximum absolute atomic E-state index is 13.6. The minimum Gasteiger partial charge on any atom is -0.497 e. The fourth-order valence-corrected chi connectivity index (χ4v) is 7.92. The average molecular weight is 651 g/mol. The van der Waals surface area contributed by atoms with E-state index in [0.29, 0.717) is 22.6 Å². The second kappa shape index (κ2) is 11.2. The Morgan fingerprint density at radius 1 is 0.674 bits per heavy atom. The van der Waals surface area contributed by atoms with Gasteiger partial charge in [-0.2, -0.15) is 0 Å². The van der Waals surface area contributed by atoms with Crippen LogP contribution in [-0.2, 0) is 12.8 Å². The van der Waals surface area contributed by atoms with E-state index in [1.807, 2.05) is 76.5 Å². The standard InChI is InChI=1S/C36H34N4O4S2/c1-35(2)11-9-25-22(31(35)41)7-8-27(39-25)33-37-18-29(46-33)24-16-23-26(10-12-36(3,4)32(23)42)40-30(24)34-38-17-28(45-34)19-13-20(43-5)15-21(14-19)44-6/h7-8,13-18H,9-12H2,1-6H3. The lowest BCUT2D eigenvalue weighted by Crippen LogP contribution is -2.31. The Kier molecular flexibility index (Phi) is 7.40. The van der Waals surface area contributed by atoms with Gasteiger partial charge in [0.2, 0.25) is 0 Å². The van der Waals surface area contributed by atoms with E-state index in [-0.39, 0.29) is 17.0 Å². The van der Waals surface area contributed by atoms with Crippen LogP contribution >= 0.6 is 22.7 Å².